The van der Waals surface area contributed by atoms with Crippen LogP contribution in [0.15, 0.2) is 24.3 Å². The minimum atomic E-state index is -0.333. The summed E-state index contributed by atoms with van der Waals surface area (Å²) in [6.45, 7) is 4.13. The second-order valence-corrected chi connectivity index (χ2v) is 4.66. The van der Waals surface area contributed by atoms with Gasteiger partial charge in [-0.15, -0.1) is 0 Å². The molecule has 0 saturated carbocycles. The summed E-state index contributed by atoms with van der Waals surface area (Å²) in [5.74, 6) is -0.717. The Morgan fingerprint density at radius 1 is 1.35 bits per heavy atom. The van der Waals surface area contributed by atoms with Crippen LogP contribution in [0.4, 0.5) is 5.69 Å². The number of benzene rings is 1. The van der Waals surface area contributed by atoms with Crippen molar-refractivity contribution in [2.45, 2.75) is 26.7 Å². The topological polar surface area (TPSA) is 81.4 Å². The molecule has 0 radical (unpaired) electrons. The first-order chi connectivity index (χ1) is 9.54. The molecule has 0 aromatic heterocycles. The van der Waals surface area contributed by atoms with Crippen LogP contribution in [0.1, 0.15) is 25.8 Å². The zero-order valence-electron chi connectivity index (χ0n) is 12.0. The highest BCUT2D eigenvalue weighted by Gasteiger charge is 2.14. The summed E-state index contributed by atoms with van der Waals surface area (Å²) in [7, 11) is 0. The Hall–Kier alpha value is -2.04. The van der Waals surface area contributed by atoms with Gasteiger partial charge in [-0.25, -0.2) is 0 Å². The number of hydrogen-bond acceptors (Lipinski definition) is 4. The van der Waals surface area contributed by atoms with Crippen LogP contribution in [0.2, 0.25) is 0 Å². The summed E-state index contributed by atoms with van der Waals surface area (Å²) >= 11 is 0. The van der Waals surface area contributed by atoms with Gasteiger partial charge < -0.3 is 15.8 Å². The number of para-hydroxylation sites is 1. The molecule has 20 heavy (non-hydrogen) atoms. The van der Waals surface area contributed by atoms with Gasteiger partial charge in [-0.2, -0.15) is 0 Å². The molecule has 1 rings (SSSR count). The Labute approximate surface area is 119 Å². The standard InChI is InChI=1S/C15H22N2O3/c1-3-20-15(19)11(2)10-17-14(18)9-8-12-6-4-5-7-13(12)16/h4-7,11H,3,8-10,16H2,1-2H3,(H,17,18). The van der Waals surface area contributed by atoms with E-state index in [1.54, 1.807) is 13.8 Å². The average molecular weight is 278 g/mol. The van der Waals surface area contributed by atoms with Gasteiger partial charge in [0.05, 0.1) is 12.5 Å². The van der Waals surface area contributed by atoms with Crippen molar-refractivity contribution in [1.82, 2.24) is 5.32 Å². The predicted octanol–water partition coefficient (Wildman–Crippen LogP) is 1.52. The lowest BCUT2D eigenvalue weighted by Gasteiger charge is -2.11. The number of hydrogen-bond donors (Lipinski definition) is 2. The third-order valence-corrected chi connectivity index (χ3v) is 2.97. The molecule has 1 aromatic rings. The number of nitrogens with two attached hydrogens (primary N) is 1. The third-order valence-electron chi connectivity index (χ3n) is 2.97. The maximum absolute atomic E-state index is 11.7. The zero-order valence-corrected chi connectivity index (χ0v) is 12.0. The third kappa shape index (κ3) is 5.30. The van der Waals surface area contributed by atoms with Crippen molar-refractivity contribution in [1.29, 1.82) is 0 Å². The second kappa shape index (κ2) is 8.19. The molecule has 5 heteroatoms. The van der Waals surface area contributed by atoms with E-state index in [4.69, 9.17) is 10.5 Å². The first kappa shape index (κ1) is 16.0. The summed E-state index contributed by atoms with van der Waals surface area (Å²) in [6.07, 6.45) is 0.941. The number of carbonyl (C=O) groups excluding carboxylic acids is 2. The van der Waals surface area contributed by atoms with Crippen molar-refractivity contribution < 1.29 is 14.3 Å². The summed E-state index contributed by atoms with van der Waals surface area (Å²) in [4.78, 5) is 23.1. The fourth-order valence-electron chi connectivity index (χ4n) is 1.73. The Morgan fingerprint density at radius 3 is 2.70 bits per heavy atom. The van der Waals surface area contributed by atoms with Gasteiger partial charge in [0.1, 0.15) is 0 Å². The number of nitrogen functional groups attached to an aromatic ring is 1. The highest BCUT2D eigenvalue weighted by molar-refractivity contribution is 5.78. The molecule has 1 unspecified atom stereocenters. The first-order valence-corrected chi connectivity index (χ1v) is 6.81. The number of aryl methyl sites for hydroxylation is 1. The van der Waals surface area contributed by atoms with Crippen LogP contribution in [-0.2, 0) is 20.7 Å². The summed E-state index contributed by atoms with van der Waals surface area (Å²) in [5, 5.41) is 2.73. The van der Waals surface area contributed by atoms with Crippen LogP contribution in [0, 0.1) is 5.92 Å². The highest BCUT2D eigenvalue weighted by atomic mass is 16.5. The van der Waals surface area contributed by atoms with Crippen LogP contribution in [0.5, 0.6) is 0 Å². The molecule has 0 heterocycles. The lowest BCUT2D eigenvalue weighted by atomic mass is 10.1. The smallest absolute Gasteiger partial charge is 0.310 e. The van der Waals surface area contributed by atoms with Crippen molar-refractivity contribution in [3.8, 4) is 0 Å². The predicted molar refractivity (Wildman–Crippen MR) is 78.0 cm³/mol. The summed E-state index contributed by atoms with van der Waals surface area (Å²) in [6, 6.07) is 7.48. The molecule has 0 saturated heterocycles. The Morgan fingerprint density at radius 2 is 2.05 bits per heavy atom. The van der Waals surface area contributed by atoms with Gasteiger partial charge in [-0.3, -0.25) is 9.59 Å². The average Bonchev–Trinajstić information content (AvgIpc) is 2.44. The highest BCUT2D eigenvalue weighted by Crippen LogP contribution is 2.12. The monoisotopic (exact) mass is 278 g/mol. The molecule has 1 atom stereocenters. The minimum Gasteiger partial charge on any atom is -0.466 e. The summed E-state index contributed by atoms with van der Waals surface area (Å²) in [5.41, 5.74) is 7.46. The van der Waals surface area contributed by atoms with Gasteiger partial charge in [0.15, 0.2) is 0 Å². The molecule has 0 spiro atoms. The SMILES string of the molecule is CCOC(=O)C(C)CNC(=O)CCc1ccccc1N. The first-order valence-electron chi connectivity index (χ1n) is 6.81. The molecule has 110 valence electrons. The van der Waals surface area contributed by atoms with E-state index in [0.29, 0.717) is 31.7 Å². The second-order valence-electron chi connectivity index (χ2n) is 4.66. The van der Waals surface area contributed by atoms with Crippen LogP contribution < -0.4 is 11.1 Å². The normalized spacial score (nSPS) is 11.7. The van der Waals surface area contributed by atoms with Crippen LogP contribution in [0.3, 0.4) is 0 Å². The van der Waals surface area contributed by atoms with Crippen molar-refractivity contribution in [3.05, 3.63) is 29.8 Å². The number of nitrogens with one attached hydrogen (secondary N) is 1. The van der Waals surface area contributed by atoms with Gasteiger partial charge in [0.25, 0.3) is 0 Å². The molecule has 5 nitrogen and oxygen atoms in total. The Kier molecular flexibility index (Phi) is 6.56. The quantitative estimate of drug-likeness (QED) is 0.585. The van der Waals surface area contributed by atoms with E-state index in [1.165, 1.54) is 0 Å². The van der Waals surface area contributed by atoms with E-state index in [9.17, 15) is 9.59 Å². The van der Waals surface area contributed by atoms with E-state index in [1.807, 2.05) is 24.3 Å². The number of anilines is 1. The van der Waals surface area contributed by atoms with Gasteiger partial charge in [-0.1, -0.05) is 25.1 Å². The molecule has 0 aliphatic carbocycles. The fourth-order valence-corrected chi connectivity index (χ4v) is 1.73. The maximum Gasteiger partial charge on any atom is 0.310 e. The minimum absolute atomic E-state index is 0.0931. The number of rotatable bonds is 7. The van der Waals surface area contributed by atoms with E-state index in [-0.39, 0.29) is 17.8 Å². The molecule has 1 aromatic carbocycles. The van der Waals surface area contributed by atoms with Gasteiger partial charge >= 0.3 is 5.97 Å². The molecule has 1 amide bonds. The molecular formula is C15H22N2O3. The fraction of sp³-hybridized carbons (Fsp3) is 0.467. The van der Waals surface area contributed by atoms with E-state index in [0.717, 1.165) is 5.56 Å². The summed E-state index contributed by atoms with van der Waals surface area (Å²) < 4.78 is 4.87. The number of carbonyl (C=O) groups is 2. The molecular weight excluding hydrogens is 256 g/mol. The maximum atomic E-state index is 11.7. The number of amides is 1. The van der Waals surface area contributed by atoms with Crippen LogP contribution in [0.25, 0.3) is 0 Å². The van der Waals surface area contributed by atoms with Gasteiger partial charge in [-0.05, 0) is 25.0 Å². The van der Waals surface area contributed by atoms with Crippen molar-refractivity contribution in [2.24, 2.45) is 5.92 Å². The van der Waals surface area contributed by atoms with Gasteiger partial charge in [0.2, 0.25) is 5.91 Å². The number of esters is 1. The zero-order chi connectivity index (χ0) is 15.0. The molecule has 0 bridgehead atoms. The van der Waals surface area contributed by atoms with E-state index < -0.39 is 0 Å². The van der Waals surface area contributed by atoms with Crippen molar-refractivity contribution in [3.63, 3.8) is 0 Å². The lowest BCUT2D eigenvalue weighted by Crippen LogP contribution is -2.32. The van der Waals surface area contributed by atoms with E-state index >= 15 is 0 Å². The van der Waals surface area contributed by atoms with Crippen LogP contribution in [-0.4, -0.2) is 25.0 Å². The number of ether oxygens (including phenoxy) is 1. The van der Waals surface area contributed by atoms with E-state index in [2.05, 4.69) is 5.32 Å². The Bertz CT molecular complexity index is 460. The van der Waals surface area contributed by atoms with Gasteiger partial charge in [0, 0.05) is 18.7 Å². The molecule has 0 aliphatic heterocycles. The molecule has 3 N–H and O–H groups in total. The molecule has 0 fully saturated rings. The van der Waals surface area contributed by atoms with Crippen molar-refractivity contribution >= 4 is 17.6 Å². The van der Waals surface area contributed by atoms with Crippen LogP contribution >= 0.6 is 0 Å². The van der Waals surface area contributed by atoms with Crippen molar-refractivity contribution in [2.75, 3.05) is 18.9 Å². The lowest BCUT2D eigenvalue weighted by molar-refractivity contribution is -0.147. The largest absolute Gasteiger partial charge is 0.466 e. The molecule has 0 aliphatic rings. The Balaban J connectivity index is 2.31.